The third-order valence-corrected chi connectivity index (χ3v) is 4.93. The van der Waals surface area contributed by atoms with Gasteiger partial charge in [0, 0.05) is 56.7 Å². The van der Waals surface area contributed by atoms with Crippen LogP contribution in [0.5, 0.6) is 17.2 Å². The third-order valence-electron chi connectivity index (χ3n) is 4.93. The second-order valence-electron chi connectivity index (χ2n) is 6.71. The van der Waals surface area contributed by atoms with Gasteiger partial charge in [-0.05, 0) is 19.1 Å². The molecular formula is C21H30N6O3. The summed E-state index contributed by atoms with van der Waals surface area (Å²) in [4.78, 5) is 18.0. The Morgan fingerprint density at radius 1 is 0.967 bits per heavy atom. The molecule has 0 aliphatic carbocycles. The van der Waals surface area contributed by atoms with Crippen molar-refractivity contribution in [3.8, 4) is 17.2 Å². The smallest absolute Gasteiger partial charge is 0.225 e. The molecule has 0 atom stereocenters. The van der Waals surface area contributed by atoms with E-state index in [4.69, 9.17) is 19.2 Å². The fourth-order valence-corrected chi connectivity index (χ4v) is 3.37. The van der Waals surface area contributed by atoms with Crippen LogP contribution >= 0.6 is 0 Å². The van der Waals surface area contributed by atoms with Crippen molar-refractivity contribution in [2.75, 3.05) is 59.0 Å². The number of rotatable bonds is 7. The molecule has 1 saturated heterocycles. The fraction of sp³-hybridized carbons (Fsp3) is 0.476. The third kappa shape index (κ3) is 5.03. The molecule has 1 N–H and O–H groups in total. The van der Waals surface area contributed by atoms with Crippen LogP contribution in [0, 0.1) is 0 Å². The highest BCUT2D eigenvalue weighted by Gasteiger charge is 2.21. The van der Waals surface area contributed by atoms with Crippen molar-refractivity contribution < 1.29 is 14.2 Å². The van der Waals surface area contributed by atoms with Gasteiger partial charge < -0.3 is 29.3 Å². The minimum Gasteiger partial charge on any atom is -0.496 e. The standard InChI is InChI=1S/C21H30N6O3/c1-5-22-20(26-9-11-27(12-10-26)21-23-7-6-8-24-21)25-15-16-13-18(29-3)19(30-4)14-17(16)28-2/h6-8,13-14H,5,9-12,15H2,1-4H3,(H,22,25). The lowest BCUT2D eigenvalue weighted by molar-refractivity contribution is 0.347. The Balaban J connectivity index is 1.72. The van der Waals surface area contributed by atoms with E-state index in [9.17, 15) is 0 Å². The largest absolute Gasteiger partial charge is 0.496 e. The van der Waals surface area contributed by atoms with E-state index in [0.29, 0.717) is 18.0 Å². The number of nitrogens with one attached hydrogen (secondary N) is 1. The second-order valence-corrected chi connectivity index (χ2v) is 6.71. The predicted molar refractivity (Wildman–Crippen MR) is 117 cm³/mol. The van der Waals surface area contributed by atoms with E-state index in [0.717, 1.165) is 55.9 Å². The van der Waals surface area contributed by atoms with Crippen LogP contribution in [-0.2, 0) is 6.54 Å². The lowest BCUT2D eigenvalue weighted by Crippen LogP contribution is -2.52. The molecular weight excluding hydrogens is 384 g/mol. The van der Waals surface area contributed by atoms with Crippen LogP contribution in [-0.4, -0.2) is 74.9 Å². The van der Waals surface area contributed by atoms with Gasteiger partial charge in [-0.2, -0.15) is 0 Å². The molecule has 0 radical (unpaired) electrons. The van der Waals surface area contributed by atoms with E-state index in [1.54, 1.807) is 33.7 Å². The van der Waals surface area contributed by atoms with Crippen molar-refractivity contribution >= 4 is 11.9 Å². The Morgan fingerprint density at radius 2 is 1.60 bits per heavy atom. The monoisotopic (exact) mass is 414 g/mol. The van der Waals surface area contributed by atoms with Gasteiger partial charge in [0.2, 0.25) is 5.95 Å². The summed E-state index contributed by atoms with van der Waals surface area (Å²) in [5, 5.41) is 3.40. The highest BCUT2D eigenvalue weighted by Crippen LogP contribution is 2.35. The zero-order valence-corrected chi connectivity index (χ0v) is 18.1. The molecule has 0 saturated carbocycles. The van der Waals surface area contributed by atoms with Gasteiger partial charge in [-0.25, -0.2) is 15.0 Å². The maximum atomic E-state index is 5.53. The molecule has 1 aliphatic heterocycles. The van der Waals surface area contributed by atoms with Crippen molar-refractivity contribution in [1.82, 2.24) is 20.2 Å². The van der Waals surface area contributed by atoms with E-state index in [-0.39, 0.29) is 0 Å². The van der Waals surface area contributed by atoms with Crippen molar-refractivity contribution in [1.29, 1.82) is 0 Å². The number of aliphatic imine (C=N–C) groups is 1. The molecule has 1 aromatic carbocycles. The van der Waals surface area contributed by atoms with Crippen LogP contribution in [0.2, 0.25) is 0 Å². The van der Waals surface area contributed by atoms with Crippen LogP contribution in [0.4, 0.5) is 5.95 Å². The zero-order chi connectivity index (χ0) is 21.3. The number of guanidine groups is 1. The number of hydrogen-bond donors (Lipinski definition) is 1. The van der Waals surface area contributed by atoms with Crippen molar-refractivity contribution in [3.63, 3.8) is 0 Å². The first kappa shape index (κ1) is 21.5. The van der Waals surface area contributed by atoms with Gasteiger partial charge in [0.1, 0.15) is 5.75 Å². The van der Waals surface area contributed by atoms with Crippen molar-refractivity contribution in [2.24, 2.45) is 4.99 Å². The number of anilines is 1. The number of ether oxygens (including phenoxy) is 3. The van der Waals surface area contributed by atoms with Crippen LogP contribution < -0.4 is 24.4 Å². The predicted octanol–water partition coefficient (Wildman–Crippen LogP) is 1.79. The first-order valence-corrected chi connectivity index (χ1v) is 10.0. The molecule has 9 nitrogen and oxygen atoms in total. The lowest BCUT2D eigenvalue weighted by atomic mass is 10.1. The van der Waals surface area contributed by atoms with E-state index in [2.05, 4.69) is 32.0 Å². The molecule has 0 amide bonds. The number of nitrogens with zero attached hydrogens (tertiary/aromatic N) is 5. The summed E-state index contributed by atoms with van der Waals surface area (Å²) in [6, 6.07) is 5.57. The summed E-state index contributed by atoms with van der Waals surface area (Å²) >= 11 is 0. The van der Waals surface area contributed by atoms with Crippen molar-refractivity contribution in [2.45, 2.75) is 13.5 Å². The highest BCUT2D eigenvalue weighted by molar-refractivity contribution is 5.80. The number of piperazine rings is 1. The van der Waals surface area contributed by atoms with Gasteiger partial charge in [0.25, 0.3) is 0 Å². The van der Waals surface area contributed by atoms with Crippen molar-refractivity contribution in [3.05, 3.63) is 36.2 Å². The highest BCUT2D eigenvalue weighted by atomic mass is 16.5. The van der Waals surface area contributed by atoms with Gasteiger partial charge in [-0.15, -0.1) is 0 Å². The summed E-state index contributed by atoms with van der Waals surface area (Å²) in [6.07, 6.45) is 3.55. The maximum absolute atomic E-state index is 5.53. The van der Waals surface area contributed by atoms with Gasteiger partial charge in [-0.1, -0.05) is 0 Å². The minimum atomic E-state index is 0.466. The lowest BCUT2D eigenvalue weighted by Gasteiger charge is -2.36. The number of methoxy groups -OCH3 is 3. The molecule has 1 aromatic heterocycles. The van der Waals surface area contributed by atoms with E-state index in [1.165, 1.54) is 0 Å². The molecule has 0 unspecified atom stereocenters. The quantitative estimate of drug-likeness (QED) is 0.542. The molecule has 30 heavy (non-hydrogen) atoms. The first-order valence-electron chi connectivity index (χ1n) is 10.0. The van der Waals surface area contributed by atoms with Crippen LogP contribution in [0.1, 0.15) is 12.5 Å². The molecule has 1 fully saturated rings. The maximum Gasteiger partial charge on any atom is 0.225 e. The number of hydrogen-bond acceptors (Lipinski definition) is 7. The Morgan fingerprint density at radius 3 is 2.20 bits per heavy atom. The molecule has 9 heteroatoms. The molecule has 1 aliphatic rings. The summed E-state index contributed by atoms with van der Waals surface area (Å²) in [5.41, 5.74) is 0.932. The summed E-state index contributed by atoms with van der Waals surface area (Å²) in [7, 11) is 4.88. The molecule has 3 rings (SSSR count). The topological polar surface area (TPSA) is 84.3 Å². The number of aromatic nitrogens is 2. The average molecular weight is 415 g/mol. The van der Waals surface area contributed by atoms with E-state index >= 15 is 0 Å². The van der Waals surface area contributed by atoms with Crippen LogP contribution in [0.25, 0.3) is 0 Å². The Bertz CT molecular complexity index is 838. The normalized spacial score (nSPS) is 14.5. The first-order chi connectivity index (χ1) is 14.7. The van der Waals surface area contributed by atoms with Crippen LogP contribution in [0.3, 0.4) is 0 Å². The van der Waals surface area contributed by atoms with Gasteiger partial charge >= 0.3 is 0 Å². The summed E-state index contributed by atoms with van der Waals surface area (Å²) in [6.45, 7) is 6.70. The summed E-state index contributed by atoms with van der Waals surface area (Å²) in [5.74, 6) is 3.66. The minimum absolute atomic E-state index is 0.466. The van der Waals surface area contributed by atoms with E-state index < -0.39 is 0 Å². The van der Waals surface area contributed by atoms with Crippen LogP contribution in [0.15, 0.2) is 35.6 Å². The Hall–Kier alpha value is -3.23. The molecule has 2 aromatic rings. The van der Waals surface area contributed by atoms with Gasteiger partial charge in [-0.3, -0.25) is 0 Å². The molecule has 0 spiro atoms. The fourth-order valence-electron chi connectivity index (χ4n) is 3.37. The zero-order valence-electron chi connectivity index (χ0n) is 18.1. The molecule has 2 heterocycles. The van der Waals surface area contributed by atoms with Gasteiger partial charge in [0.15, 0.2) is 17.5 Å². The molecule has 162 valence electrons. The number of benzene rings is 1. The SMILES string of the molecule is CCNC(=NCc1cc(OC)c(OC)cc1OC)N1CCN(c2ncccn2)CC1. The van der Waals surface area contributed by atoms with E-state index in [1.807, 2.05) is 18.2 Å². The van der Waals surface area contributed by atoms with Gasteiger partial charge in [0.05, 0.1) is 27.9 Å². The Labute approximate surface area is 177 Å². The second kappa shape index (κ2) is 10.5. The average Bonchev–Trinajstić information content (AvgIpc) is 2.81. The Kier molecular flexibility index (Phi) is 7.53. The molecule has 0 bridgehead atoms. The summed E-state index contributed by atoms with van der Waals surface area (Å²) < 4.78 is 16.3.